The molecule has 1 aliphatic carbocycles. The lowest BCUT2D eigenvalue weighted by molar-refractivity contribution is -0.120. The molecule has 0 aromatic rings. The number of allylic oxidation sites excluding steroid dienone is 2. The first-order chi connectivity index (χ1) is 8.88. The van der Waals surface area contributed by atoms with Gasteiger partial charge in [-0.3, -0.25) is 4.79 Å². The summed E-state index contributed by atoms with van der Waals surface area (Å²) in [5.41, 5.74) is 0. The third kappa shape index (κ3) is 5.32. The highest BCUT2D eigenvalue weighted by atomic mass is 32.2. The Balaban J connectivity index is 2.31. The maximum absolute atomic E-state index is 11.7. The molecule has 0 aliphatic heterocycles. The number of rotatable bonds is 8. The zero-order valence-electron chi connectivity index (χ0n) is 11.9. The average molecular weight is 288 g/mol. The molecule has 0 bridgehead atoms. The predicted octanol–water partition coefficient (Wildman–Crippen LogP) is 1.68. The Labute approximate surface area is 116 Å². The maximum atomic E-state index is 11.7. The van der Waals surface area contributed by atoms with Gasteiger partial charge in [-0.25, -0.2) is 4.72 Å². The summed E-state index contributed by atoms with van der Waals surface area (Å²) in [5.74, 6) is -0.368. The van der Waals surface area contributed by atoms with Crippen LogP contribution in [0.1, 0.15) is 39.0 Å². The Morgan fingerprint density at radius 1 is 1.37 bits per heavy atom. The van der Waals surface area contributed by atoms with Crippen LogP contribution in [0.15, 0.2) is 12.2 Å². The van der Waals surface area contributed by atoms with Crippen molar-refractivity contribution in [3.8, 4) is 0 Å². The number of nitrogens with one attached hydrogen (secondary N) is 1. The van der Waals surface area contributed by atoms with E-state index in [1.165, 1.54) is 33.4 Å². The Kier molecular flexibility index (Phi) is 6.00. The molecule has 0 spiro atoms. The Bertz CT molecular complexity index is 429. The van der Waals surface area contributed by atoms with Crippen molar-refractivity contribution in [1.29, 1.82) is 0 Å². The minimum atomic E-state index is -3.65. The molecule has 1 aliphatic rings. The summed E-state index contributed by atoms with van der Waals surface area (Å²) in [6.45, 7) is 2.16. The molecule has 0 aromatic carbocycles. The number of unbranched alkanes of at least 4 members (excludes halogenated alkanes) is 3. The van der Waals surface area contributed by atoms with Gasteiger partial charge in [0.2, 0.25) is 5.91 Å². The van der Waals surface area contributed by atoms with Crippen LogP contribution in [0.4, 0.5) is 0 Å². The second-order valence-corrected chi connectivity index (χ2v) is 7.07. The molecular weight excluding hydrogens is 264 g/mol. The SMILES string of the molecule is CCCCC/C=C\C1CC1C(=O)NS(=O)(=O)N(C)C. The number of hydrogen-bond acceptors (Lipinski definition) is 3. The molecule has 2 unspecified atom stereocenters. The van der Waals surface area contributed by atoms with E-state index in [1.54, 1.807) is 0 Å². The van der Waals surface area contributed by atoms with Gasteiger partial charge in [0.1, 0.15) is 0 Å². The van der Waals surface area contributed by atoms with Crippen molar-refractivity contribution in [2.75, 3.05) is 14.1 Å². The minimum absolute atomic E-state index is 0.183. The fourth-order valence-electron chi connectivity index (χ4n) is 1.81. The molecule has 6 heteroatoms. The van der Waals surface area contributed by atoms with Gasteiger partial charge in [-0.1, -0.05) is 31.9 Å². The molecule has 110 valence electrons. The van der Waals surface area contributed by atoms with Crippen LogP contribution in [-0.4, -0.2) is 32.7 Å². The minimum Gasteiger partial charge on any atom is -0.274 e. The quantitative estimate of drug-likeness (QED) is 0.546. The normalized spacial score (nSPS) is 22.9. The van der Waals surface area contributed by atoms with Gasteiger partial charge in [-0.05, 0) is 25.2 Å². The third-order valence-electron chi connectivity index (χ3n) is 3.24. The van der Waals surface area contributed by atoms with Gasteiger partial charge in [0, 0.05) is 20.0 Å². The van der Waals surface area contributed by atoms with E-state index in [2.05, 4.69) is 17.7 Å². The average Bonchev–Trinajstić information content (AvgIpc) is 3.07. The van der Waals surface area contributed by atoms with E-state index in [-0.39, 0.29) is 11.8 Å². The van der Waals surface area contributed by atoms with Crippen LogP contribution in [0.5, 0.6) is 0 Å². The number of hydrogen-bond donors (Lipinski definition) is 1. The van der Waals surface area contributed by atoms with Crippen molar-refractivity contribution in [2.45, 2.75) is 39.0 Å². The van der Waals surface area contributed by atoms with Crippen LogP contribution in [0, 0.1) is 11.8 Å². The molecule has 0 heterocycles. The smallest absolute Gasteiger partial charge is 0.274 e. The monoisotopic (exact) mass is 288 g/mol. The van der Waals surface area contributed by atoms with E-state index >= 15 is 0 Å². The number of nitrogens with zero attached hydrogens (tertiary/aromatic N) is 1. The molecule has 2 atom stereocenters. The number of amides is 1. The molecule has 1 saturated carbocycles. The van der Waals surface area contributed by atoms with Gasteiger partial charge in [-0.2, -0.15) is 12.7 Å². The molecule has 1 fully saturated rings. The van der Waals surface area contributed by atoms with Crippen LogP contribution in [0.2, 0.25) is 0 Å². The number of carbonyl (C=O) groups is 1. The van der Waals surface area contributed by atoms with Crippen molar-refractivity contribution in [3.63, 3.8) is 0 Å². The molecule has 1 N–H and O–H groups in total. The molecule has 19 heavy (non-hydrogen) atoms. The highest BCUT2D eigenvalue weighted by Gasteiger charge is 2.42. The maximum Gasteiger partial charge on any atom is 0.303 e. The summed E-state index contributed by atoms with van der Waals surface area (Å²) >= 11 is 0. The lowest BCUT2D eigenvalue weighted by Crippen LogP contribution is -2.40. The van der Waals surface area contributed by atoms with E-state index in [9.17, 15) is 13.2 Å². The van der Waals surface area contributed by atoms with E-state index in [0.717, 1.165) is 17.1 Å². The van der Waals surface area contributed by atoms with Gasteiger partial charge in [0.25, 0.3) is 0 Å². The Morgan fingerprint density at radius 2 is 2.05 bits per heavy atom. The van der Waals surface area contributed by atoms with E-state index in [4.69, 9.17) is 0 Å². The molecule has 0 aromatic heterocycles. The standard InChI is InChI=1S/C13H24N2O3S/c1-4-5-6-7-8-9-11-10-12(11)13(16)14-19(17,18)15(2)3/h8-9,11-12H,4-7,10H2,1-3H3,(H,14,16)/b9-8-. The van der Waals surface area contributed by atoms with E-state index in [1.807, 2.05) is 6.08 Å². The van der Waals surface area contributed by atoms with Crippen LogP contribution in [-0.2, 0) is 15.0 Å². The lowest BCUT2D eigenvalue weighted by atomic mass is 10.2. The number of carbonyl (C=O) groups excluding carboxylic acids is 1. The molecule has 0 radical (unpaired) electrons. The Hall–Kier alpha value is -0.880. The molecule has 1 amide bonds. The van der Waals surface area contributed by atoms with Crippen LogP contribution in [0.3, 0.4) is 0 Å². The van der Waals surface area contributed by atoms with Crippen molar-refractivity contribution in [2.24, 2.45) is 11.8 Å². The van der Waals surface area contributed by atoms with Crippen LogP contribution >= 0.6 is 0 Å². The highest BCUT2D eigenvalue weighted by Crippen LogP contribution is 2.40. The van der Waals surface area contributed by atoms with Crippen molar-refractivity contribution in [1.82, 2.24) is 9.03 Å². The van der Waals surface area contributed by atoms with Crippen LogP contribution in [0.25, 0.3) is 0 Å². The molecular formula is C13H24N2O3S. The first-order valence-electron chi connectivity index (χ1n) is 6.79. The summed E-state index contributed by atoms with van der Waals surface area (Å²) in [5, 5.41) is 0. The van der Waals surface area contributed by atoms with Crippen molar-refractivity contribution >= 4 is 16.1 Å². The highest BCUT2D eigenvalue weighted by molar-refractivity contribution is 7.87. The third-order valence-corrected chi connectivity index (χ3v) is 4.67. The summed E-state index contributed by atoms with van der Waals surface area (Å²) in [7, 11) is -0.856. The van der Waals surface area contributed by atoms with Gasteiger partial charge < -0.3 is 0 Å². The molecule has 1 rings (SSSR count). The lowest BCUT2D eigenvalue weighted by Gasteiger charge is -2.11. The van der Waals surface area contributed by atoms with E-state index in [0.29, 0.717) is 0 Å². The summed E-state index contributed by atoms with van der Waals surface area (Å²) < 4.78 is 26.1. The van der Waals surface area contributed by atoms with Gasteiger partial charge in [-0.15, -0.1) is 0 Å². The predicted molar refractivity (Wildman–Crippen MR) is 75.6 cm³/mol. The largest absolute Gasteiger partial charge is 0.303 e. The van der Waals surface area contributed by atoms with Crippen molar-refractivity contribution in [3.05, 3.63) is 12.2 Å². The summed E-state index contributed by atoms with van der Waals surface area (Å²) in [4.78, 5) is 11.7. The van der Waals surface area contributed by atoms with Gasteiger partial charge >= 0.3 is 10.2 Å². The zero-order valence-corrected chi connectivity index (χ0v) is 12.7. The summed E-state index contributed by atoms with van der Waals surface area (Å²) in [6.07, 6.45) is 9.53. The topological polar surface area (TPSA) is 66.5 Å². The molecule has 0 saturated heterocycles. The summed E-state index contributed by atoms with van der Waals surface area (Å²) in [6, 6.07) is 0. The van der Waals surface area contributed by atoms with Crippen LogP contribution < -0.4 is 4.72 Å². The fourth-order valence-corrected chi connectivity index (χ4v) is 2.39. The zero-order chi connectivity index (χ0) is 14.5. The Morgan fingerprint density at radius 3 is 2.63 bits per heavy atom. The second-order valence-electron chi connectivity index (χ2n) is 5.18. The van der Waals surface area contributed by atoms with Gasteiger partial charge in [0.05, 0.1) is 0 Å². The van der Waals surface area contributed by atoms with Crippen molar-refractivity contribution < 1.29 is 13.2 Å². The first kappa shape index (κ1) is 16.2. The second kappa shape index (κ2) is 7.05. The molecule has 5 nitrogen and oxygen atoms in total. The first-order valence-corrected chi connectivity index (χ1v) is 8.23. The fraction of sp³-hybridized carbons (Fsp3) is 0.769. The van der Waals surface area contributed by atoms with E-state index < -0.39 is 16.1 Å². The van der Waals surface area contributed by atoms with Gasteiger partial charge in [0.15, 0.2) is 0 Å².